The zero-order valence-corrected chi connectivity index (χ0v) is 14.0. The normalized spacial score (nSPS) is 26.5. The van der Waals surface area contributed by atoms with Crippen molar-refractivity contribution < 1.29 is 23.1 Å². The van der Waals surface area contributed by atoms with Crippen LogP contribution in [0.4, 0.5) is 14.5 Å². The third kappa shape index (κ3) is 2.39. The van der Waals surface area contributed by atoms with Crippen LogP contribution in [0.5, 0.6) is 0 Å². The number of ether oxygens (including phenoxy) is 1. The number of carbonyl (C=O) groups is 2. The summed E-state index contributed by atoms with van der Waals surface area (Å²) in [6.07, 6.45) is 1.52. The summed E-state index contributed by atoms with van der Waals surface area (Å²) < 4.78 is 34.1. The van der Waals surface area contributed by atoms with Crippen LogP contribution in [0.2, 0.25) is 0 Å². The molecule has 8 heteroatoms. The van der Waals surface area contributed by atoms with Crippen LogP contribution in [-0.4, -0.2) is 37.0 Å². The summed E-state index contributed by atoms with van der Waals surface area (Å²) >= 11 is 1.65. The molecule has 2 aliphatic heterocycles. The number of rotatable bonds is 4. The number of benzene rings is 1. The van der Waals surface area contributed by atoms with Crippen molar-refractivity contribution in [1.82, 2.24) is 0 Å². The molecular weight excluding hydrogens is 338 g/mol. The number of thioether (sulfide) groups is 1. The van der Waals surface area contributed by atoms with Crippen LogP contribution in [0, 0.1) is 17.6 Å². The van der Waals surface area contributed by atoms with Gasteiger partial charge in [0.2, 0.25) is 5.91 Å². The first-order chi connectivity index (χ1) is 11.4. The van der Waals surface area contributed by atoms with Gasteiger partial charge in [0.05, 0.1) is 11.3 Å². The fourth-order valence-electron chi connectivity index (χ4n) is 3.64. The quantitative estimate of drug-likeness (QED) is 0.893. The van der Waals surface area contributed by atoms with E-state index in [1.54, 1.807) is 11.8 Å². The Morgan fingerprint density at radius 3 is 2.83 bits per heavy atom. The summed E-state index contributed by atoms with van der Waals surface area (Å²) in [5, 5.41) is 0. The molecule has 5 nitrogen and oxygen atoms in total. The van der Waals surface area contributed by atoms with Crippen LogP contribution in [0.25, 0.3) is 0 Å². The molecule has 3 rings (SSSR count). The zero-order chi connectivity index (χ0) is 17.5. The fraction of sp³-hybridized carbons (Fsp3) is 0.500. The Balaban J connectivity index is 2.20. The molecule has 130 valence electrons. The molecule has 2 atom stereocenters. The first-order valence-electron chi connectivity index (χ1n) is 7.65. The lowest BCUT2D eigenvalue weighted by Gasteiger charge is -2.37. The van der Waals surface area contributed by atoms with Gasteiger partial charge in [0.25, 0.3) is 5.91 Å². The number of carbonyl (C=O) groups excluding carboxylic acids is 2. The molecule has 2 N–H and O–H groups in total. The molecule has 0 saturated carbocycles. The minimum Gasteiger partial charge on any atom is -0.368 e. The number of primary amides is 1. The van der Waals surface area contributed by atoms with Gasteiger partial charge in [-0.15, -0.1) is 0 Å². The lowest BCUT2D eigenvalue weighted by molar-refractivity contribution is -0.147. The van der Waals surface area contributed by atoms with E-state index in [0.717, 1.165) is 23.1 Å². The van der Waals surface area contributed by atoms with Gasteiger partial charge in [-0.1, -0.05) is 0 Å². The molecule has 1 aromatic carbocycles. The first-order valence-corrected chi connectivity index (χ1v) is 8.80. The van der Waals surface area contributed by atoms with Crippen molar-refractivity contribution in [3.63, 3.8) is 0 Å². The van der Waals surface area contributed by atoms with Crippen molar-refractivity contribution in [2.24, 2.45) is 11.7 Å². The van der Waals surface area contributed by atoms with E-state index in [4.69, 9.17) is 10.5 Å². The van der Waals surface area contributed by atoms with Gasteiger partial charge in [-0.3, -0.25) is 14.5 Å². The monoisotopic (exact) mass is 356 g/mol. The number of hydrogen-bond acceptors (Lipinski definition) is 4. The summed E-state index contributed by atoms with van der Waals surface area (Å²) in [4.78, 5) is 25.6. The molecule has 0 unspecified atom stereocenters. The second-order valence-corrected chi connectivity index (χ2v) is 7.12. The maximum Gasteiger partial charge on any atom is 0.264 e. The van der Waals surface area contributed by atoms with E-state index in [9.17, 15) is 18.4 Å². The number of amides is 2. The summed E-state index contributed by atoms with van der Waals surface area (Å²) in [6.45, 7) is -0.401. The second-order valence-electron chi connectivity index (χ2n) is 5.97. The third-order valence-electron chi connectivity index (χ3n) is 4.67. The second kappa shape index (κ2) is 6.33. The Morgan fingerprint density at radius 1 is 1.50 bits per heavy atom. The minimum absolute atomic E-state index is 0.122. The molecule has 1 aromatic rings. The first kappa shape index (κ1) is 17.2. The number of hydrogen-bond donors (Lipinski definition) is 1. The molecule has 0 aromatic heterocycles. The Labute approximate surface area is 142 Å². The maximum atomic E-state index is 14.7. The molecule has 0 spiro atoms. The van der Waals surface area contributed by atoms with Crippen LogP contribution >= 0.6 is 11.8 Å². The molecular formula is C16H18F2N2O3S. The Hall–Kier alpha value is -1.67. The molecule has 0 aliphatic carbocycles. The summed E-state index contributed by atoms with van der Waals surface area (Å²) in [6, 6.07) is 2.24. The average molecular weight is 356 g/mol. The van der Waals surface area contributed by atoms with Crippen molar-refractivity contribution in [1.29, 1.82) is 0 Å². The highest BCUT2D eigenvalue weighted by atomic mass is 32.2. The summed E-state index contributed by atoms with van der Waals surface area (Å²) in [5.74, 6) is -2.20. The van der Waals surface area contributed by atoms with Crippen LogP contribution in [0.15, 0.2) is 12.1 Å². The number of halogens is 2. The van der Waals surface area contributed by atoms with E-state index >= 15 is 0 Å². The van der Waals surface area contributed by atoms with E-state index in [1.165, 1.54) is 13.2 Å². The Kier molecular flexibility index (Phi) is 4.52. The summed E-state index contributed by atoms with van der Waals surface area (Å²) in [7, 11) is 1.32. The Bertz CT molecular complexity index is 694. The molecule has 0 bridgehead atoms. The van der Waals surface area contributed by atoms with Crippen LogP contribution < -0.4 is 10.6 Å². The van der Waals surface area contributed by atoms with Gasteiger partial charge in [-0.05, 0) is 36.5 Å². The molecule has 0 radical (unpaired) electrons. The van der Waals surface area contributed by atoms with E-state index in [0.29, 0.717) is 12.2 Å². The highest BCUT2D eigenvalue weighted by Gasteiger charge is 2.58. The van der Waals surface area contributed by atoms with Crippen molar-refractivity contribution in [3.8, 4) is 0 Å². The molecule has 1 fully saturated rings. The topological polar surface area (TPSA) is 72.6 Å². The van der Waals surface area contributed by atoms with Crippen molar-refractivity contribution in [3.05, 3.63) is 29.3 Å². The lowest BCUT2D eigenvalue weighted by Crippen LogP contribution is -2.50. The van der Waals surface area contributed by atoms with Gasteiger partial charge in [-0.2, -0.15) is 11.8 Å². The van der Waals surface area contributed by atoms with E-state index in [-0.39, 0.29) is 17.2 Å². The summed E-state index contributed by atoms with van der Waals surface area (Å²) in [5.41, 5.74) is 3.63. The zero-order valence-electron chi connectivity index (χ0n) is 13.2. The SMILES string of the molecule is CO[C@@]1([C@H]2CCCSC2)C(=O)N(CC(N)=O)c2ccc(F)c(F)c21. The van der Waals surface area contributed by atoms with Crippen molar-refractivity contribution in [2.75, 3.05) is 30.1 Å². The van der Waals surface area contributed by atoms with Gasteiger partial charge in [0.1, 0.15) is 6.54 Å². The van der Waals surface area contributed by atoms with Gasteiger partial charge < -0.3 is 10.5 Å². The highest BCUT2D eigenvalue weighted by molar-refractivity contribution is 7.99. The van der Waals surface area contributed by atoms with Gasteiger partial charge >= 0.3 is 0 Å². The minimum atomic E-state index is -1.62. The standard InChI is InChI=1S/C16H18F2N2O3S/c1-23-16(9-3-2-6-24-8-9)13-11(5-4-10(17)14(13)18)20(15(16)22)7-12(19)21/h4-5,9H,2-3,6-8H2,1H3,(H2,19,21)/t9-,16+/m0/s1. The van der Waals surface area contributed by atoms with E-state index in [1.807, 2.05) is 0 Å². The van der Waals surface area contributed by atoms with Crippen LogP contribution in [-0.2, 0) is 19.9 Å². The number of nitrogens with two attached hydrogens (primary N) is 1. The van der Waals surface area contributed by atoms with Crippen molar-refractivity contribution in [2.45, 2.75) is 18.4 Å². The molecule has 2 heterocycles. The smallest absolute Gasteiger partial charge is 0.264 e. The maximum absolute atomic E-state index is 14.7. The fourth-order valence-corrected chi connectivity index (χ4v) is 4.87. The number of methoxy groups -OCH3 is 1. The third-order valence-corrected chi connectivity index (χ3v) is 5.88. The van der Waals surface area contributed by atoms with Gasteiger partial charge in [0.15, 0.2) is 17.2 Å². The molecule has 1 saturated heterocycles. The molecule has 24 heavy (non-hydrogen) atoms. The predicted molar refractivity (Wildman–Crippen MR) is 86.6 cm³/mol. The molecule has 2 aliphatic rings. The number of anilines is 1. The molecule has 2 amide bonds. The number of fused-ring (bicyclic) bond motifs is 1. The van der Waals surface area contributed by atoms with Gasteiger partial charge in [-0.25, -0.2) is 8.78 Å². The van der Waals surface area contributed by atoms with Crippen molar-refractivity contribution >= 4 is 29.3 Å². The predicted octanol–water partition coefficient (Wildman–Crippen LogP) is 1.78. The number of nitrogens with zero attached hydrogens (tertiary/aromatic N) is 1. The van der Waals surface area contributed by atoms with Gasteiger partial charge in [0, 0.05) is 13.0 Å². The van der Waals surface area contributed by atoms with E-state index in [2.05, 4.69) is 0 Å². The average Bonchev–Trinajstić information content (AvgIpc) is 2.81. The lowest BCUT2D eigenvalue weighted by atomic mass is 9.80. The Morgan fingerprint density at radius 2 is 2.25 bits per heavy atom. The van der Waals surface area contributed by atoms with Crippen LogP contribution in [0.3, 0.4) is 0 Å². The van der Waals surface area contributed by atoms with Crippen LogP contribution in [0.1, 0.15) is 18.4 Å². The largest absolute Gasteiger partial charge is 0.368 e. The highest BCUT2D eigenvalue weighted by Crippen LogP contribution is 2.51. The van der Waals surface area contributed by atoms with E-state index < -0.39 is 35.6 Å².